The van der Waals surface area contributed by atoms with Crippen molar-refractivity contribution in [3.05, 3.63) is 42.2 Å². The summed E-state index contributed by atoms with van der Waals surface area (Å²) >= 11 is 0. The number of rotatable bonds is 7. The van der Waals surface area contributed by atoms with Gasteiger partial charge >= 0.3 is 0 Å². The van der Waals surface area contributed by atoms with Crippen molar-refractivity contribution in [2.45, 2.75) is 38.3 Å². The summed E-state index contributed by atoms with van der Waals surface area (Å²) in [6.45, 7) is 5.00. The SMILES string of the molecule is CCN1CCC[C@@H]1CNC(=O)[C@@H](Cc1ccccc1)n1cnnn1. The van der Waals surface area contributed by atoms with Crippen LogP contribution < -0.4 is 5.32 Å². The van der Waals surface area contributed by atoms with E-state index in [4.69, 9.17) is 0 Å². The molecule has 1 amide bonds. The van der Waals surface area contributed by atoms with Gasteiger partial charge in [0.2, 0.25) is 5.91 Å². The first kappa shape index (κ1) is 16.6. The van der Waals surface area contributed by atoms with Crippen molar-refractivity contribution in [1.29, 1.82) is 0 Å². The molecule has 7 heteroatoms. The molecule has 0 aliphatic carbocycles. The Bertz CT molecular complexity index is 630. The smallest absolute Gasteiger partial charge is 0.245 e. The minimum Gasteiger partial charge on any atom is -0.353 e. The van der Waals surface area contributed by atoms with Crippen LogP contribution in [0.4, 0.5) is 0 Å². The van der Waals surface area contributed by atoms with Gasteiger partial charge in [0.15, 0.2) is 0 Å². The van der Waals surface area contributed by atoms with E-state index in [0.717, 1.165) is 25.1 Å². The molecular formula is C17H24N6O. The molecule has 1 aliphatic rings. The maximum absolute atomic E-state index is 12.8. The number of tetrazole rings is 1. The largest absolute Gasteiger partial charge is 0.353 e. The van der Waals surface area contributed by atoms with E-state index in [-0.39, 0.29) is 5.91 Å². The van der Waals surface area contributed by atoms with Gasteiger partial charge in [-0.15, -0.1) is 5.10 Å². The molecule has 1 fully saturated rings. The minimum atomic E-state index is -0.432. The number of aromatic nitrogens is 4. The standard InChI is InChI=1S/C17H24N6O/c1-2-22-10-6-9-15(22)12-18-17(24)16(23-13-19-20-21-23)11-14-7-4-3-5-8-14/h3-5,7-8,13,15-16H,2,6,9-12H2,1H3,(H,18,24)/t15-,16-/m1/s1. The normalized spacial score (nSPS) is 19.3. The third-order valence-corrected chi connectivity index (χ3v) is 4.68. The van der Waals surface area contributed by atoms with Crippen molar-refractivity contribution < 1.29 is 4.79 Å². The number of amides is 1. The van der Waals surface area contributed by atoms with Crippen LogP contribution >= 0.6 is 0 Å². The Morgan fingerprint density at radius 1 is 1.38 bits per heavy atom. The lowest BCUT2D eigenvalue weighted by molar-refractivity contribution is -0.124. The molecule has 1 aliphatic heterocycles. The molecule has 2 atom stereocenters. The average Bonchev–Trinajstić information content (AvgIpc) is 3.29. The molecule has 24 heavy (non-hydrogen) atoms. The first-order chi connectivity index (χ1) is 11.8. The highest BCUT2D eigenvalue weighted by molar-refractivity contribution is 5.80. The second-order valence-electron chi connectivity index (χ2n) is 6.17. The van der Waals surface area contributed by atoms with Crippen molar-refractivity contribution >= 4 is 5.91 Å². The summed E-state index contributed by atoms with van der Waals surface area (Å²) in [5, 5.41) is 14.4. The van der Waals surface area contributed by atoms with Gasteiger partial charge in [-0.2, -0.15) is 0 Å². The van der Waals surface area contributed by atoms with Crippen molar-refractivity contribution in [3.8, 4) is 0 Å². The Hall–Kier alpha value is -2.28. The Morgan fingerprint density at radius 2 is 2.21 bits per heavy atom. The summed E-state index contributed by atoms with van der Waals surface area (Å²) in [6, 6.07) is 9.95. The summed E-state index contributed by atoms with van der Waals surface area (Å²) in [7, 11) is 0. The molecule has 2 aromatic rings. The van der Waals surface area contributed by atoms with E-state index in [1.54, 1.807) is 0 Å². The zero-order chi connectivity index (χ0) is 16.8. The number of carbonyl (C=O) groups excluding carboxylic acids is 1. The molecule has 3 rings (SSSR count). The summed E-state index contributed by atoms with van der Waals surface area (Å²) < 4.78 is 1.54. The molecular weight excluding hydrogens is 304 g/mol. The van der Waals surface area contributed by atoms with Gasteiger partial charge < -0.3 is 5.32 Å². The van der Waals surface area contributed by atoms with E-state index in [9.17, 15) is 4.79 Å². The topological polar surface area (TPSA) is 75.9 Å². The van der Waals surface area contributed by atoms with Gasteiger partial charge in [-0.25, -0.2) is 4.68 Å². The molecule has 1 aromatic carbocycles. The lowest BCUT2D eigenvalue weighted by atomic mass is 10.1. The number of carbonyl (C=O) groups is 1. The zero-order valence-corrected chi connectivity index (χ0v) is 14.0. The Balaban J connectivity index is 1.65. The highest BCUT2D eigenvalue weighted by Gasteiger charge is 2.26. The van der Waals surface area contributed by atoms with Crippen LogP contribution in [-0.2, 0) is 11.2 Å². The van der Waals surface area contributed by atoms with Crippen molar-refractivity contribution in [3.63, 3.8) is 0 Å². The summed E-state index contributed by atoms with van der Waals surface area (Å²) in [6.07, 6.45) is 4.41. The van der Waals surface area contributed by atoms with Gasteiger partial charge in [-0.3, -0.25) is 9.69 Å². The van der Waals surface area contributed by atoms with Gasteiger partial charge in [0.1, 0.15) is 12.4 Å². The van der Waals surface area contributed by atoms with E-state index in [0.29, 0.717) is 19.0 Å². The average molecular weight is 328 g/mol. The Labute approximate surface area is 142 Å². The van der Waals surface area contributed by atoms with E-state index in [1.165, 1.54) is 17.4 Å². The second kappa shape index (κ2) is 8.01. The molecule has 1 N–H and O–H groups in total. The van der Waals surface area contributed by atoms with E-state index >= 15 is 0 Å². The van der Waals surface area contributed by atoms with Crippen LogP contribution in [0.5, 0.6) is 0 Å². The lowest BCUT2D eigenvalue weighted by Gasteiger charge is -2.24. The third-order valence-electron chi connectivity index (χ3n) is 4.68. The molecule has 0 radical (unpaired) electrons. The fraction of sp³-hybridized carbons (Fsp3) is 0.529. The summed E-state index contributed by atoms with van der Waals surface area (Å²) in [5.74, 6) is -0.0332. The number of nitrogens with zero attached hydrogens (tertiary/aromatic N) is 5. The van der Waals surface area contributed by atoms with Crippen LogP contribution in [0.15, 0.2) is 36.7 Å². The predicted molar refractivity (Wildman–Crippen MR) is 90.3 cm³/mol. The van der Waals surface area contributed by atoms with Gasteiger partial charge in [0.25, 0.3) is 0 Å². The summed E-state index contributed by atoms with van der Waals surface area (Å²) in [4.78, 5) is 15.2. The highest BCUT2D eigenvalue weighted by Crippen LogP contribution is 2.17. The number of nitrogens with one attached hydrogen (secondary N) is 1. The molecule has 1 saturated heterocycles. The van der Waals surface area contributed by atoms with Crippen LogP contribution in [0.25, 0.3) is 0 Å². The second-order valence-corrected chi connectivity index (χ2v) is 6.17. The number of hydrogen-bond donors (Lipinski definition) is 1. The zero-order valence-electron chi connectivity index (χ0n) is 14.0. The van der Waals surface area contributed by atoms with Crippen molar-refractivity contribution in [2.24, 2.45) is 0 Å². The van der Waals surface area contributed by atoms with Crippen LogP contribution in [0.2, 0.25) is 0 Å². The number of benzene rings is 1. The number of likely N-dealkylation sites (tertiary alicyclic amines) is 1. The lowest BCUT2D eigenvalue weighted by Crippen LogP contribution is -2.43. The quantitative estimate of drug-likeness (QED) is 0.822. The van der Waals surface area contributed by atoms with Crippen LogP contribution in [0.1, 0.15) is 31.4 Å². The maximum atomic E-state index is 12.8. The molecule has 128 valence electrons. The molecule has 2 heterocycles. The number of hydrogen-bond acceptors (Lipinski definition) is 5. The fourth-order valence-corrected chi connectivity index (χ4v) is 3.33. The van der Waals surface area contributed by atoms with Crippen molar-refractivity contribution in [1.82, 2.24) is 30.4 Å². The molecule has 7 nitrogen and oxygen atoms in total. The predicted octanol–water partition coefficient (Wildman–Crippen LogP) is 1.06. The van der Waals surface area contributed by atoms with Gasteiger partial charge in [0, 0.05) is 19.0 Å². The van der Waals surface area contributed by atoms with Crippen LogP contribution in [-0.4, -0.2) is 56.7 Å². The third kappa shape index (κ3) is 3.97. The molecule has 0 bridgehead atoms. The molecule has 0 saturated carbocycles. The Morgan fingerprint density at radius 3 is 2.92 bits per heavy atom. The molecule has 1 aromatic heterocycles. The van der Waals surface area contributed by atoms with Crippen LogP contribution in [0, 0.1) is 0 Å². The fourth-order valence-electron chi connectivity index (χ4n) is 3.33. The first-order valence-corrected chi connectivity index (χ1v) is 8.56. The van der Waals surface area contributed by atoms with Crippen LogP contribution in [0.3, 0.4) is 0 Å². The van der Waals surface area contributed by atoms with E-state index in [2.05, 4.69) is 32.7 Å². The first-order valence-electron chi connectivity index (χ1n) is 8.56. The van der Waals surface area contributed by atoms with E-state index < -0.39 is 6.04 Å². The maximum Gasteiger partial charge on any atom is 0.245 e. The molecule has 0 spiro atoms. The number of likely N-dealkylation sites (N-methyl/N-ethyl adjacent to an activating group) is 1. The Kier molecular flexibility index (Phi) is 5.53. The van der Waals surface area contributed by atoms with Gasteiger partial charge in [-0.05, 0) is 41.9 Å². The van der Waals surface area contributed by atoms with E-state index in [1.807, 2.05) is 30.3 Å². The van der Waals surface area contributed by atoms with Crippen molar-refractivity contribution in [2.75, 3.05) is 19.6 Å². The van der Waals surface area contributed by atoms with Gasteiger partial charge in [-0.1, -0.05) is 37.3 Å². The summed E-state index contributed by atoms with van der Waals surface area (Å²) in [5.41, 5.74) is 1.09. The minimum absolute atomic E-state index is 0.0332. The van der Waals surface area contributed by atoms with Gasteiger partial charge in [0.05, 0.1) is 0 Å². The highest BCUT2D eigenvalue weighted by atomic mass is 16.2. The monoisotopic (exact) mass is 328 g/mol. The molecule has 0 unspecified atom stereocenters.